The Labute approximate surface area is 253 Å². The van der Waals surface area contributed by atoms with E-state index in [9.17, 15) is 14.4 Å². The van der Waals surface area contributed by atoms with Gasteiger partial charge in [0.05, 0.1) is 32.4 Å². The normalized spacial score (nSPS) is 11.7. The first-order valence-corrected chi connectivity index (χ1v) is 14.3. The Kier molecular flexibility index (Phi) is 9.13. The van der Waals surface area contributed by atoms with Gasteiger partial charge in [-0.1, -0.05) is 47.7 Å². The molecule has 0 radical (unpaired) electrons. The van der Waals surface area contributed by atoms with E-state index in [-0.39, 0.29) is 24.3 Å². The Balaban J connectivity index is 1.48. The largest absolute Gasteiger partial charge is 0.497 e. The summed E-state index contributed by atoms with van der Waals surface area (Å²) in [7, 11) is 1.61. The van der Waals surface area contributed by atoms with Gasteiger partial charge in [-0.05, 0) is 73.7 Å². The van der Waals surface area contributed by atoms with Crippen molar-refractivity contribution in [1.82, 2.24) is 25.0 Å². The zero-order chi connectivity index (χ0) is 31.2. The molecule has 5 rings (SSSR count). The Morgan fingerprint density at radius 1 is 0.955 bits per heavy atom. The van der Waals surface area contributed by atoms with E-state index >= 15 is 0 Å². The topological polar surface area (TPSA) is 138 Å². The van der Waals surface area contributed by atoms with Crippen molar-refractivity contribution in [3.8, 4) is 34.0 Å². The summed E-state index contributed by atoms with van der Waals surface area (Å²) in [5, 5.41) is 8.23. The first-order chi connectivity index (χ1) is 21.3. The third-order valence-electron chi connectivity index (χ3n) is 7.16. The fourth-order valence-electron chi connectivity index (χ4n) is 4.93. The Hall–Kier alpha value is -5.32. The van der Waals surface area contributed by atoms with E-state index < -0.39 is 17.4 Å². The summed E-state index contributed by atoms with van der Waals surface area (Å²) in [6.45, 7) is 5.96. The molecule has 11 nitrogen and oxygen atoms in total. The van der Waals surface area contributed by atoms with Crippen LogP contribution < -0.4 is 15.0 Å². The van der Waals surface area contributed by atoms with Crippen molar-refractivity contribution in [3.05, 3.63) is 88.2 Å². The molecule has 0 bridgehead atoms. The highest BCUT2D eigenvalue weighted by Crippen LogP contribution is 2.33. The highest BCUT2D eigenvalue weighted by atomic mass is 16.5. The van der Waals surface area contributed by atoms with Crippen LogP contribution >= 0.6 is 0 Å². The number of nitrogens with zero attached hydrogens (tertiary/aromatic N) is 4. The number of H-pyrrole nitrogens is 1. The molecular weight excluding hydrogens is 562 g/mol. The molecule has 1 unspecified atom stereocenters. The van der Waals surface area contributed by atoms with Gasteiger partial charge in [-0.2, -0.15) is 0 Å². The lowest BCUT2D eigenvalue weighted by Gasteiger charge is -2.15. The number of Topliss-reactive ketones (excluding diaryl/α,β-unsaturated/α-hetero) is 1. The van der Waals surface area contributed by atoms with Gasteiger partial charge in [-0.3, -0.25) is 14.4 Å². The number of benzene rings is 3. The SMILES string of the molecule is CCOC(=O)C(Cc1cccc(-c2ccc(-c3nc4c(nnn4Cc4ccc(OC)cc4)c(=O)[nH]3)c(OCC)c2)c1)C(C)=O. The van der Waals surface area contributed by atoms with Crippen molar-refractivity contribution in [2.45, 2.75) is 33.7 Å². The highest BCUT2D eigenvalue weighted by molar-refractivity contribution is 5.98. The molecule has 0 aliphatic carbocycles. The second-order valence-corrected chi connectivity index (χ2v) is 10.1. The summed E-state index contributed by atoms with van der Waals surface area (Å²) in [5.41, 5.74) is 4.17. The lowest BCUT2D eigenvalue weighted by Crippen LogP contribution is -2.26. The zero-order valence-corrected chi connectivity index (χ0v) is 25.0. The number of aromatic nitrogens is 5. The van der Waals surface area contributed by atoms with Crippen LogP contribution in [0.4, 0.5) is 0 Å². The van der Waals surface area contributed by atoms with E-state index in [0.717, 1.165) is 28.0 Å². The van der Waals surface area contributed by atoms with Crippen molar-refractivity contribution in [2.24, 2.45) is 5.92 Å². The van der Waals surface area contributed by atoms with Crippen molar-refractivity contribution < 1.29 is 23.8 Å². The average molecular weight is 596 g/mol. The Morgan fingerprint density at radius 3 is 2.43 bits per heavy atom. The molecular formula is C33H33N5O6. The molecule has 3 aromatic carbocycles. The molecule has 0 saturated heterocycles. The molecule has 2 aromatic heterocycles. The van der Waals surface area contributed by atoms with E-state index in [0.29, 0.717) is 35.9 Å². The number of rotatable bonds is 12. The van der Waals surface area contributed by atoms with Crippen molar-refractivity contribution >= 4 is 22.9 Å². The summed E-state index contributed by atoms with van der Waals surface area (Å²) in [6, 6.07) is 20.8. The summed E-state index contributed by atoms with van der Waals surface area (Å²) >= 11 is 0. The van der Waals surface area contributed by atoms with Gasteiger partial charge < -0.3 is 19.2 Å². The third-order valence-corrected chi connectivity index (χ3v) is 7.16. The standard InChI is InChI=1S/C33H33N5O6/c1-5-43-28-18-24(23-9-7-8-22(16-23)17-27(20(3)39)33(41)44-6-2)12-15-26(28)30-34-31-29(32(40)35-30)36-37-38(31)19-21-10-13-25(42-4)14-11-21/h7-16,18,27H,5-6,17,19H2,1-4H3,(H,34,35,40). The van der Waals surface area contributed by atoms with Crippen molar-refractivity contribution in [1.29, 1.82) is 0 Å². The molecule has 5 aromatic rings. The lowest BCUT2D eigenvalue weighted by atomic mass is 9.93. The Morgan fingerprint density at radius 2 is 1.73 bits per heavy atom. The van der Waals surface area contributed by atoms with E-state index in [1.54, 1.807) is 18.7 Å². The predicted octanol–water partition coefficient (Wildman–Crippen LogP) is 4.62. The van der Waals surface area contributed by atoms with Crippen LogP contribution in [-0.4, -0.2) is 57.0 Å². The summed E-state index contributed by atoms with van der Waals surface area (Å²) in [5.74, 6) is -0.0339. The minimum atomic E-state index is -0.864. The lowest BCUT2D eigenvalue weighted by molar-refractivity contribution is -0.151. The maximum atomic E-state index is 13.0. The predicted molar refractivity (Wildman–Crippen MR) is 165 cm³/mol. The maximum Gasteiger partial charge on any atom is 0.316 e. The number of carbonyl (C=O) groups is 2. The highest BCUT2D eigenvalue weighted by Gasteiger charge is 2.25. The molecule has 0 amide bonds. The van der Waals surface area contributed by atoms with Crippen LogP contribution in [0.3, 0.4) is 0 Å². The molecule has 0 fully saturated rings. The number of methoxy groups -OCH3 is 1. The molecule has 0 aliphatic heterocycles. The maximum absolute atomic E-state index is 13.0. The minimum absolute atomic E-state index is 0.139. The number of hydrogen-bond donors (Lipinski definition) is 1. The van der Waals surface area contributed by atoms with Crippen molar-refractivity contribution in [2.75, 3.05) is 20.3 Å². The van der Waals surface area contributed by atoms with Crippen LogP contribution in [0.25, 0.3) is 33.7 Å². The van der Waals surface area contributed by atoms with E-state index in [4.69, 9.17) is 19.2 Å². The molecule has 0 aliphatic rings. The molecule has 226 valence electrons. The van der Waals surface area contributed by atoms with Gasteiger partial charge in [0.2, 0.25) is 0 Å². The van der Waals surface area contributed by atoms with Gasteiger partial charge in [-0.15, -0.1) is 5.10 Å². The van der Waals surface area contributed by atoms with Crippen molar-refractivity contribution in [3.63, 3.8) is 0 Å². The van der Waals surface area contributed by atoms with Crippen LogP contribution in [-0.2, 0) is 27.3 Å². The number of hydrogen-bond acceptors (Lipinski definition) is 9. The third kappa shape index (κ3) is 6.51. The number of nitrogens with one attached hydrogen (secondary N) is 1. The van der Waals surface area contributed by atoms with Gasteiger partial charge in [-0.25, -0.2) is 9.67 Å². The molecule has 44 heavy (non-hydrogen) atoms. The summed E-state index contributed by atoms with van der Waals surface area (Å²) in [4.78, 5) is 45.1. The second-order valence-electron chi connectivity index (χ2n) is 10.1. The summed E-state index contributed by atoms with van der Waals surface area (Å²) < 4.78 is 17.9. The van der Waals surface area contributed by atoms with Crippen LogP contribution in [0.5, 0.6) is 11.5 Å². The van der Waals surface area contributed by atoms with E-state index in [1.165, 1.54) is 6.92 Å². The first kappa shape index (κ1) is 30.1. The number of carbonyl (C=O) groups excluding carboxylic acids is 2. The molecule has 2 heterocycles. The first-order valence-electron chi connectivity index (χ1n) is 14.3. The molecule has 0 saturated carbocycles. The van der Waals surface area contributed by atoms with Gasteiger partial charge in [0.15, 0.2) is 11.2 Å². The van der Waals surface area contributed by atoms with Crippen LogP contribution in [0.2, 0.25) is 0 Å². The van der Waals surface area contributed by atoms with Crippen LogP contribution in [0, 0.1) is 5.92 Å². The van der Waals surface area contributed by atoms with Gasteiger partial charge in [0.25, 0.3) is 5.56 Å². The number of ether oxygens (including phenoxy) is 3. The van der Waals surface area contributed by atoms with Crippen LogP contribution in [0.1, 0.15) is 31.9 Å². The second kappa shape index (κ2) is 13.3. The smallest absolute Gasteiger partial charge is 0.316 e. The Bertz CT molecular complexity index is 1860. The minimum Gasteiger partial charge on any atom is -0.497 e. The zero-order valence-electron chi connectivity index (χ0n) is 25.0. The molecule has 0 spiro atoms. The molecule has 1 atom stereocenters. The fraction of sp³-hybridized carbons (Fsp3) is 0.273. The number of ketones is 1. The number of fused-ring (bicyclic) bond motifs is 1. The quantitative estimate of drug-likeness (QED) is 0.162. The molecule has 11 heteroatoms. The number of aromatic amines is 1. The monoisotopic (exact) mass is 595 g/mol. The number of esters is 1. The van der Waals surface area contributed by atoms with Gasteiger partial charge in [0, 0.05) is 0 Å². The van der Waals surface area contributed by atoms with Gasteiger partial charge >= 0.3 is 5.97 Å². The van der Waals surface area contributed by atoms with E-state index in [1.807, 2.05) is 73.7 Å². The summed E-state index contributed by atoms with van der Waals surface area (Å²) in [6.07, 6.45) is 0.238. The van der Waals surface area contributed by atoms with Gasteiger partial charge in [0.1, 0.15) is 29.0 Å². The van der Waals surface area contributed by atoms with E-state index in [2.05, 4.69) is 15.3 Å². The molecule has 1 N–H and O–H groups in total. The van der Waals surface area contributed by atoms with Crippen LogP contribution in [0.15, 0.2) is 71.5 Å². The average Bonchev–Trinajstić information content (AvgIpc) is 3.43. The fourth-order valence-corrected chi connectivity index (χ4v) is 4.93.